The summed E-state index contributed by atoms with van der Waals surface area (Å²) in [4.78, 5) is 8.50. The highest BCUT2D eigenvalue weighted by molar-refractivity contribution is 5.96. The van der Waals surface area contributed by atoms with Crippen molar-refractivity contribution in [3.63, 3.8) is 0 Å². The Labute approximate surface area is 104 Å². The molecule has 0 fully saturated rings. The number of halogens is 1. The van der Waals surface area contributed by atoms with Gasteiger partial charge in [-0.15, -0.1) is 0 Å². The van der Waals surface area contributed by atoms with Crippen molar-refractivity contribution in [3.05, 3.63) is 53.9 Å². The topological polar surface area (TPSA) is 56.2 Å². The molecule has 0 saturated heterocycles. The van der Waals surface area contributed by atoms with Crippen LogP contribution in [0.1, 0.15) is 18.2 Å². The molecule has 4 nitrogen and oxygen atoms in total. The third kappa shape index (κ3) is 1.51. The van der Waals surface area contributed by atoms with Crippen LogP contribution in [0.15, 0.2) is 41.8 Å². The molecule has 1 aromatic heterocycles. The Morgan fingerprint density at radius 1 is 1.39 bits per heavy atom. The first kappa shape index (κ1) is 11.0. The van der Waals surface area contributed by atoms with Gasteiger partial charge in [0.1, 0.15) is 22.9 Å². The average molecular weight is 244 g/mol. The van der Waals surface area contributed by atoms with Crippen LogP contribution in [0.4, 0.5) is 4.39 Å². The number of hydrogen-bond acceptors (Lipinski definition) is 3. The second-order valence-electron chi connectivity index (χ2n) is 4.66. The van der Waals surface area contributed by atoms with Gasteiger partial charge < -0.3 is 10.3 Å². The van der Waals surface area contributed by atoms with Crippen molar-refractivity contribution >= 4 is 5.84 Å². The number of nitrogens with zero attached hydrogens (tertiary/aromatic N) is 3. The van der Waals surface area contributed by atoms with Crippen LogP contribution >= 0.6 is 0 Å². The molecule has 18 heavy (non-hydrogen) atoms. The van der Waals surface area contributed by atoms with Gasteiger partial charge in [0.05, 0.1) is 19.1 Å². The number of imidazole rings is 1. The second-order valence-corrected chi connectivity index (χ2v) is 4.66. The van der Waals surface area contributed by atoms with Crippen molar-refractivity contribution < 1.29 is 4.39 Å². The maximum absolute atomic E-state index is 13.9. The van der Waals surface area contributed by atoms with Gasteiger partial charge in [-0.3, -0.25) is 4.99 Å². The van der Waals surface area contributed by atoms with Gasteiger partial charge in [0, 0.05) is 5.56 Å². The molecule has 1 aromatic carbocycles. The van der Waals surface area contributed by atoms with Crippen LogP contribution in [-0.2, 0) is 12.1 Å². The van der Waals surface area contributed by atoms with Crippen LogP contribution in [0, 0.1) is 5.82 Å². The summed E-state index contributed by atoms with van der Waals surface area (Å²) in [6.07, 6.45) is 3.36. The lowest BCUT2D eigenvalue weighted by Crippen LogP contribution is -2.37. The molecule has 2 aromatic rings. The number of aliphatic imine (C=N–C) groups is 1. The molecule has 0 spiro atoms. The standard InChI is InChI=1S/C13H13FN4/c1-13(9-4-2-3-5-10(9)14)7-18-8-16-6-11(18)12(15)17-13/h2-6,8H,7H2,1H3,(H2,15,17)/t13-/m0/s1. The molecule has 92 valence electrons. The largest absolute Gasteiger partial charge is 0.382 e. The van der Waals surface area contributed by atoms with E-state index in [-0.39, 0.29) is 5.82 Å². The summed E-state index contributed by atoms with van der Waals surface area (Å²) in [6.45, 7) is 2.41. The second kappa shape index (κ2) is 3.66. The molecule has 0 aliphatic carbocycles. The molecular formula is C13H13FN4. The molecule has 3 rings (SSSR count). The highest BCUT2D eigenvalue weighted by Gasteiger charge is 2.34. The molecule has 0 amide bonds. The molecule has 0 radical (unpaired) electrons. The summed E-state index contributed by atoms with van der Waals surface area (Å²) >= 11 is 0. The van der Waals surface area contributed by atoms with E-state index in [1.165, 1.54) is 6.07 Å². The first-order chi connectivity index (χ1) is 8.60. The van der Waals surface area contributed by atoms with E-state index < -0.39 is 5.54 Å². The molecule has 2 N–H and O–H groups in total. The average Bonchev–Trinajstić information content (AvgIpc) is 2.77. The molecule has 2 heterocycles. The van der Waals surface area contributed by atoms with Gasteiger partial charge in [0.2, 0.25) is 0 Å². The molecule has 1 aliphatic heterocycles. The van der Waals surface area contributed by atoms with Gasteiger partial charge in [-0.2, -0.15) is 0 Å². The number of rotatable bonds is 1. The summed E-state index contributed by atoms with van der Waals surface area (Å²) in [7, 11) is 0. The third-order valence-electron chi connectivity index (χ3n) is 3.27. The predicted molar refractivity (Wildman–Crippen MR) is 66.7 cm³/mol. The summed E-state index contributed by atoms with van der Waals surface area (Å²) in [5, 5.41) is 0. The van der Waals surface area contributed by atoms with Gasteiger partial charge in [-0.1, -0.05) is 18.2 Å². The zero-order chi connectivity index (χ0) is 12.8. The first-order valence-electron chi connectivity index (χ1n) is 5.71. The van der Waals surface area contributed by atoms with Crippen LogP contribution in [0.3, 0.4) is 0 Å². The van der Waals surface area contributed by atoms with Crippen molar-refractivity contribution in [2.45, 2.75) is 19.0 Å². The minimum absolute atomic E-state index is 0.264. The van der Waals surface area contributed by atoms with Crippen molar-refractivity contribution in [1.82, 2.24) is 9.55 Å². The van der Waals surface area contributed by atoms with Crippen molar-refractivity contribution in [3.8, 4) is 0 Å². The van der Waals surface area contributed by atoms with E-state index >= 15 is 0 Å². The van der Waals surface area contributed by atoms with Crippen LogP contribution in [0.5, 0.6) is 0 Å². The van der Waals surface area contributed by atoms with Crippen LogP contribution in [-0.4, -0.2) is 15.4 Å². The Kier molecular flexibility index (Phi) is 2.23. The number of benzene rings is 1. The van der Waals surface area contributed by atoms with Gasteiger partial charge >= 0.3 is 0 Å². The number of hydrogen-bond donors (Lipinski definition) is 1. The summed E-state index contributed by atoms with van der Waals surface area (Å²) < 4.78 is 15.8. The van der Waals surface area contributed by atoms with Crippen LogP contribution in [0.25, 0.3) is 0 Å². The molecule has 0 saturated carbocycles. The maximum Gasteiger partial charge on any atom is 0.145 e. The zero-order valence-electron chi connectivity index (χ0n) is 9.97. The number of aromatic nitrogens is 2. The fourth-order valence-corrected chi connectivity index (χ4v) is 2.39. The van der Waals surface area contributed by atoms with Gasteiger partial charge in [0.15, 0.2) is 0 Å². The molecular weight excluding hydrogens is 231 g/mol. The maximum atomic E-state index is 13.9. The molecule has 5 heteroatoms. The van der Waals surface area contributed by atoms with E-state index in [9.17, 15) is 4.39 Å². The third-order valence-corrected chi connectivity index (χ3v) is 3.27. The molecule has 0 unspecified atom stereocenters. The number of nitrogens with two attached hydrogens (primary N) is 1. The van der Waals surface area contributed by atoms with E-state index in [2.05, 4.69) is 9.98 Å². The highest BCUT2D eigenvalue weighted by atomic mass is 19.1. The van der Waals surface area contributed by atoms with E-state index in [1.807, 2.05) is 11.5 Å². The van der Waals surface area contributed by atoms with E-state index in [0.29, 0.717) is 17.9 Å². The van der Waals surface area contributed by atoms with E-state index in [0.717, 1.165) is 5.69 Å². The molecule has 0 bridgehead atoms. The normalized spacial score (nSPS) is 22.4. The SMILES string of the molecule is C[C@@]1(c2ccccc2F)Cn2cncc2C(N)=N1. The Bertz CT molecular complexity index is 631. The first-order valence-corrected chi connectivity index (χ1v) is 5.71. The Hall–Kier alpha value is -2.17. The Morgan fingerprint density at radius 3 is 2.94 bits per heavy atom. The lowest BCUT2D eigenvalue weighted by atomic mass is 9.90. The highest BCUT2D eigenvalue weighted by Crippen LogP contribution is 2.32. The summed E-state index contributed by atoms with van der Waals surface area (Å²) in [5.74, 6) is 0.129. The zero-order valence-corrected chi connectivity index (χ0v) is 9.97. The van der Waals surface area contributed by atoms with Crippen molar-refractivity contribution in [1.29, 1.82) is 0 Å². The van der Waals surface area contributed by atoms with E-state index in [4.69, 9.17) is 5.73 Å². The van der Waals surface area contributed by atoms with Crippen LogP contribution in [0.2, 0.25) is 0 Å². The fourth-order valence-electron chi connectivity index (χ4n) is 2.39. The predicted octanol–water partition coefficient (Wildman–Crippen LogP) is 1.66. The van der Waals surface area contributed by atoms with Gasteiger partial charge in [-0.25, -0.2) is 9.37 Å². The minimum atomic E-state index is -0.691. The Balaban J connectivity index is 2.14. The summed E-state index contributed by atoms with van der Waals surface area (Å²) in [5.41, 5.74) is 6.56. The lowest BCUT2D eigenvalue weighted by Gasteiger charge is -2.31. The molecule has 1 atom stereocenters. The fraction of sp³-hybridized carbons (Fsp3) is 0.231. The van der Waals surface area contributed by atoms with Gasteiger partial charge in [0.25, 0.3) is 0 Å². The van der Waals surface area contributed by atoms with Crippen LogP contribution < -0.4 is 5.73 Å². The number of amidine groups is 1. The van der Waals surface area contributed by atoms with Gasteiger partial charge in [-0.05, 0) is 13.0 Å². The quantitative estimate of drug-likeness (QED) is 0.829. The Morgan fingerprint density at radius 2 is 2.17 bits per heavy atom. The van der Waals surface area contributed by atoms with Crippen molar-refractivity contribution in [2.24, 2.45) is 10.7 Å². The lowest BCUT2D eigenvalue weighted by molar-refractivity contribution is 0.384. The van der Waals surface area contributed by atoms with Crippen molar-refractivity contribution in [2.75, 3.05) is 0 Å². The smallest absolute Gasteiger partial charge is 0.145 e. The number of fused-ring (bicyclic) bond motifs is 1. The minimum Gasteiger partial charge on any atom is -0.382 e. The monoisotopic (exact) mass is 244 g/mol. The van der Waals surface area contributed by atoms with E-state index in [1.54, 1.807) is 30.7 Å². The molecule has 1 aliphatic rings. The summed E-state index contributed by atoms with van der Waals surface area (Å²) in [6, 6.07) is 6.66.